The van der Waals surface area contributed by atoms with Gasteiger partial charge in [-0.05, 0) is 18.9 Å². The van der Waals surface area contributed by atoms with Gasteiger partial charge in [-0.15, -0.1) is 0 Å². The van der Waals surface area contributed by atoms with Crippen LogP contribution < -0.4 is 0 Å². The van der Waals surface area contributed by atoms with Crippen LogP contribution in [0, 0.1) is 5.92 Å². The molecule has 0 heterocycles. The number of carboxylic acids is 2. The molecule has 1 unspecified atom stereocenters. The zero-order valence-electron chi connectivity index (χ0n) is 7.15. The molecule has 4 heteroatoms. The van der Waals surface area contributed by atoms with Gasteiger partial charge in [0.25, 0.3) is 0 Å². The third kappa shape index (κ3) is 1.77. The summed E-state index contributed by atoms with van der Waals surface area (Å²) in [4.78, 5) is 21.3. The maximum atomic E-state index is 10.7. The van der Waals surface area contributed by atoms with E-state index in [4.69, 9.17) is 10.2 Å². The molecule has 1 atom stereocenters. The molecule has 1 aliphatic carbocycles. The first-order valence-corrected chi connectivity index (χ1v) is 3.87. The maximum Gasteiger partial charge on any atom is 0.335 e. The fraction of sp³-hybridized carbons (Fsp3) is 0.333. The topological polar surface area (TPSA) is 74.6 Å². The molecule has 1 rings (SSSR count). The molecular weight excluding hydrogens is 172 g/mol. The van der Waals surface area contributed by atoms with E-state index in [2.05, 4.69) is 0 Å². The van der Waals surface area contributed by atoms with Crippen molar-refractivity contribution in [3.63, 3.8) is 0 Å². The second-order valence-corrected chi connectivity index (χ2v) is 2.93. The Labute approximate surface area is 75.2 Å². The van der Waals surface area contributed by atoms with Crippen LogP contribution in [0.5, 0.6) is 0 Å². The summed E-state index contributed by atoms with van der Waals surface area (Å²) in [6.45, 7) is 1.55. The monoisotopic (exact) mass is 182 g/mol. The molecule has 0 amide bonds. The highest BCUT2D eigenvalue weighted by molar-refractivity contribution is 5.92. The molecule has 0 saturated carbocycles. The van der Waals surface area contributed by atoms with Gasteiger partial charge in [-0.25, -0.2) is 4.79 Å². The Morgan fingerprint density at radius 1 is 1.46 bits per heavy atom. The summed E-state index contributed by atoms with van der Waals surface area (Å²) in [7, 11) is 0. The van der Waals surface area contributed by atoms with Crippen molar-refractivity contribution in [2.75, 3.05) is 0 Å². The second kappa shape index (κ2) is 3.43. The van der Waals surface area contributed by atoms with Crippen LogP contribution in [0.1, 0.15) is 13.3 Å². The van der Waals surface area contributed by atoms with Crippen molar-refractivity contribution in [1.82, 2.24) is 0 Å². The van der Waals surface area contributed by atoms with Crippen molar-refractivity contribution in [2.45, 2.75) is 13.3 Å². The number of aliphatic carboxylic acids is 2. The van der Waals surface area contributed by atoms with Gasteiger partial charge in [-0.3, -0.25) is 4.79 Å². The summed E-state index contributed by atoms with van der Waals surface area (Å²) in [6, 6.07) is 0. The highest BCUT2D eigenvalue weighted by Crippen LogP contribution is 2.25. The molecule has 2 N–H and O–H groups in total. The Kier molecular flexibility index (Phi) is 2.51. The van der Waals surface area contributed by atoms with Crippen molar-refractivity contribution < 1.29 is 19.8 Å². The highest BCUT2D eigenvalue weighted by atomic mass is 16.4. The predicted octanol–water partition coefficient (Wildman–Crippen LogP) is 1.05. The summed E-state index contributed by atoms with van der Waals surface area (Å²) < 4.78 is 0. The zero-order valence-corrected chi connectivity index (χ0v) is 7.15. The van der Waals surface area contributed by atoms with Crippen LogP contribution in [-0.4, -0.2) is 22.2 Å². The molecule has 4 nitrogen and oxygen atoms in total. The lowest BCUT2D eigenvalue weighted by molar-refractivity contribution is -0.140. The summed E-state index contributed by atoms with van der Waals surface area (Å²) in [5.74, 6) is -2.73. The smallest absolute Gasteiger partial charge is 0.335 e. The lowest BCUT2D eigenvalue weighted by atomic mass is 9.88. The second-order valence-electron chi connectivity index (χ2n) is 2.93. The van der Waals surface area contributed by atoms with E-state index in [9.17, 15) is 9.59 Å². The first-order valence-electron chi connectivity index (χ1n) is 3.87. The summed E-state index contributed by atoms with van der Waals surface area (Å²) in [5.41, 5.74) is 0.515. The van der Waals surface area contributed by atoms with E-state index in [-0.39, 0.29) is 5.57 Å². The lowest BCUT2D eigenvalue weighted by Gasteiger charge is -2.16. The van der Waals surface area contributed by atoms with Crippen LogP contribution in [0.15, 0.2) is 23.3 Å². The Morgan fingerprint density at radius 3 is 2.54 bits per heavy atom. The van der Waals surface area contributed by atoms with Crippen LogP contribution in [-0.2, 0) is 9.59 Å². The van der Waals surface area contributed by atoms with Gasteiger partial charge in [0.15, 0.2) is 0 Å². The van der Waals surface area contributed by atoms with Gasteiger partial charge in [0.2, 0.25) is 0 Å². The fourth-order valence-corrected chi connectivity index (χ4v) is 1.34. The van der Waals surface area contributed by atoms with Gasteiger partial charge >= 0.3 is 11.9 Å². The SMILES string of the molecule is CC1=C(C(=O)O)C=CCC1C(=O)O. The molecule has 0 spiro atoms. The number of rotatable bonds is 2. The third-order valence-corrected chi connectivity index (χ3v) is 2.13. The predicted molar refractivity (Wildman–Crippen MR) is 45.2 cm³/mol. The van der Waals surface area contributed by atoms with Gasteiger partial charge < -0.3 is 10.2 Å². The van der Waals surface area contributed by atoms with Gasteiger partial charge in [-0.1, -0.05) is 12.2 Å². The average Bonchev–Trinajstić information content (AvgIpc) is 2.03. The minimum absolute atomic E-state index is 0.0960. The zero-order chi connectivity index (χ0) is 10.0. The van der Waals surface area contributed by atoms with E-state index in [0.717, 1.165) is 0 Å². The van der Waals surface area contributed by atoms with Crippen molar-refractivity contribution in [3.8, 4) is 0 Å². The van der Waals surface area contributed by atoms with E-state index in [1.807, 2.05) is 0 Å². The minimum atomic E-state index is -1.07. The van der Waals surface area contributed by atoms with Gasteiger partial charge in [0.1, 0.15) is 0 Å². The first-order chi connectivity index (χ1) is 6.04. The van der Waals surface area contributed by atoms with Gasteiger partial charge in [0.05, 0.1) is 11.5 Å². The molecular formula is C9H10O4. The molecule has 0 aromatic heterocycles. The highest BCUT2D eigenvalue weighted by Gasteiger charge is 2.25. The number of hydrogen-bond acceptors (Lipinski definition) is 2. The molecule has 0 saturated heterocycles. The van der Waals surface area contributed by atoms with Crippen molar-refractivity contribution in [2.24, 2.45) is 5.92 Å². The van der Waals surface area contributed by atoms with E-state index in [1.165, 1.54) is 6.08 Å². The molecule has 0 aromatic carbocycles. The molecule has 13 heavy (non-hydrogen) atoms. The van der Waals surface area contributed by atoms with Crippen molar-refractivity contribution in [1.29, 1.82) is 0 Å². The van der Waals surface area contributed by atoms with Crippen LogP contribution >= 0.6 is 0 Å². The number of carboxylic acid groups (broad SMARTS) is 2. The molecule has 70 valence electrons. The summed E-state index contributed by atoms with van der Waals surface area (Å²) >= 11 is 0. The van der Waals surface area contributed by atoms with Gasteiger partial charge in [-0.2, -0.15) is 0 Å². The lowest BCUT2D eigenvalue weighted by Crippen LogP contribution is -2.19. The van der Waals surface area contributed by atoms with E-state index < -0.39 is 17.9 Å². The molecule has 1 aliphatic rings. The normalized spacial score (nSPS) is 21.8. The van der Waals surface area contributed by atoms with E-state index >= 15 is 0 Å². The van der Waals surface area contributed by atoms with Crippen LogP contribution in [0.4, 0.5) is 0 Å². The number of hydrogen-bond donors (Lipinski definition) is 2. The Morgan fingerprint density at radius 2 is 2.08 bits per heavy atom. The van der Waals surface area contributed by atoms with Crippen molar-refractivity contribution >= 4 is 11.9 Å². The van der Waals surface area contributed by atoms with Gasteiger partial charge in [0, 0.05) is 0 Å². The largest absolute Gasteiger partial charge is 0.481 e. The fourth-order valence-electron chi connectivity index (χ4n) is 1.34. The maximum absolute atomic E-state index is 10.7. The third-order valence-electron chi connectivity index (χ3n) is 2.13. The molecule has 0 fully saturated rings. The van der Waals surface area contributed by atoms with Crippen LogP contribution in [0.2, 0.25) is 0 Å². The van der Waals surface area contributed by atoms with Crippen LogP contribution in [0.25, 0.3) is 0 Å². The Balaban J connectivity index is 3.05. The molecule has 0 bridgehead atoms. The summed E-state index contributed by atoms with van der Waals surface area (Å²) in [6.07, 6.45) is 3.41. The molecule has 0 radical (unpaired) electrons. The van der Waals surface area contributed by atoms with E-state index in [0.29, 0.717) is 12.0 Å². The Bertz CT molecular complexity index is 312. The van der Waals surface area contributed by atoms with Crippen LogP contribution in [0.3, 0.4) is 0 Å². The van der Waals surface area contributed by atoms with E-state index in [1.54, 1.807) is 13.0 Å². The molecule has 0 aliphatic heterocycles. The number of allylic oxidation sites excluding steroid dienone is 1. The van der Waals surface area contributed by atoms with Crippen molar-refractivity contribution in [3.05, 3.63) is 23.3 Å². The first kappa shape index (κ1) is 9.51. The summed E-state index contributed by atoms with van der Waals surface area (Å²) in [5, 5.41) is 17.5. The standard InChI is InChI=1S/C9H10O4/c1-5-6(8(10)11)3-2-4-7(5)9(12)13/h2-3,7H,4H2,1H3,(H,10,11)(H,12,13). The molecule has 0 aromatic rings. The minimum Gasteiger partial charge on any atom is -0.481 e. The quantitative estimate of drug-likeness (QED) is 0.669. The average molecular weight is 182 g/mol. The number of carbonyl (C=O) groups is 2. The Hall–Kier alpha value is -1.58.